The molecule has 5 rings (SSSR count). The number of aromatic nitrogens is 1. The number of nitrogens with one attached hydrogen (secondary N) is 1. The van der Waals surface area contributed by atoms with Crippen LogP contribution in [0.25, 0.3) is 0 Å². The third-order valence-electron chi connectivity index (χ3n) is 6.14. The number of rotatable bonds is 5. The average Bonchev–Trinajstić information content (AvgIpc) is 3.45. The van der Waals surface area contributed by atoms with E-state index in [0.717, 1.165) is 37.7 Å². The molecule has 0 amide bonds. The van der Waals surface area contributed by atoms with E-state index in [4.69, 9.17) is 0 Å². The topological polar surface area (TPSA) is 65.5 Å². The number of likely N-dealkylation sites (tertiary alicyclic amines) is 1. The molecule has 1 atom stereocenters. The van der Waals surface area contributed by atoms with Gasteiger partial charge < -0.3 is 5.32 Å². The van der Waals surface area contributed by atoms with Crippen LogP contribution in [0.15, 0.2) is 47.5 Å². The standard InChI is InChI=1S/C21H25FN4O2S/c22-15-3-1-4-18(13-15)29(27,28)26-14-20(21-19(26)5-2-10-23-21)25-11-8-17(9-12-25)24-16-6-7-16/h1-5,10,13,16-17,20,24H,6-9,11-12,14H2. The maximum atomic E-state index is 13.7. The minimum absolute atomic E-state index is 0.0275. The zero-order valence-electron chi connectivity index (χ0n) is 16.2. The zero-order chi connectivity index (χ0) is 20.0. The first-order chi connectivity index (χ1) is 14.0. The lowest BCUT2D eigenvalue weighted by molar-refractivity contribution is 0.149. The van der Waals surface area contributed by atoms with Gasteiger partial charge in [-0.15, -0.1) is 0 Å². The molecule has 1 N–H and O–H groups in total. The monoisotopic (exact) mass is 416 g/mol. The lowest BCUT2D eigenvalue weighted by Crippen LogP contribution is -2.45. The normalized spacial score (nSPS) is 23.3. The highest BCUT2D eigenvalue weighted by Gasteiger charge is 2.41. The Morgan fingerprint density at radius 3 is 2.52 bits per heavy atom. The Hall–Kier alpha value is -2.03. The highest BCUT2D eigenvalue weighted by atomic mass is 32.2. The van der Waals surface area contributed by atoms with Gasteiger partial charge in [0.15, 0.2) is 0 Å². The van der Waals surface area contributed by atoms with Gasteiger partial charge in [-0.05, 0) is 56.0 Å². The molecule has 2 fully saturated rings. The Labute approximate surface area is 170 Å². The molecule has 3 aliphatic rings. The molecular formula is C21H25FN4O2S. The molecule has 1 aromatic carbocycles. The number of anilines is 1. The number of nitrogens with zero attached hydrogens (tertiary/aromatic N) is 3. The van der Waals surface area contributed by atoms with Crippen molar-refractivity contribution in [1.82, 2.24) is 15.2 Å². The fourth-order valence-electron chi connectivity index (χ4n) is 4.45. The van der Waals surface area contributed by atoms with Crippen LogP contribution in [0.4, 0.5) is 10.1 Å². The minimum atomic E-state index is -3.85. The van der Waals surface area contributed by atoms with Crippen LogP contribution in [0.1, 0.15) is 37.4 Å². The fraction of sp³-hybridized carbons (Fsp3) is 0.476. The highest BCUT2D eigenvalue weighted by molar-refractivity contribution is 7.92. The molecule has 2 aromatic rings. The number of pyridine rings is 1. The van der Waals surface area contributed by atoms with Crippen molar-refractivity contribution < 1.29 is 12.8 Å². The molecule has 1 unspecified atom stereocenters. The van der Waals surface area contributed by atoms with E-state index in [-0.39, 0.29) is 10.9 Å². The Balaban J connectivity index is 1.39. The maximum Gasteiger partial charge on any atom is 0.264 e. The largest absolute Gasteiger partial charge is 0.311 e. The first-order valence-corrected chi connectivity index (χ1v) is 11.7. The van der Waals surface area contributed by atoms with Crippen molar-refractivity contribution >= 4 is 15.7 Å². The molecule has 1 aliphatic carbocycles. The molecule has 1 aromatic heterocycles. The number of sulfonamides is 1. The second kappa shape index (κ2) is 7.34. The second-order valence-electron chi connectivity index (χ2n) is 8.17. The van der Waals surface area contributed by atoms with Gasteiger partial charge in [-0.2, -0.15) is 0 Å². The van der Waals surface area contributed by atoms with Gasteiger partial charge in [0.05, 0.1) is 28.9 Å². The molecular weight excluding hydrogens is 391 g/mol. The first kappa shape index (κ1) is 19.0. The predicted octanol–water partition coefficient (Wildman–Crippen LogP) is 2.69. The zero-order valence-corrected chi connectivity index (χ0v) is 17.0. The minimum Gasteiger partial charge on any atom is -0.311 e. The van der Waals surface area contributed by atoms with E-state index < -0.39 is 15.8 Å². The first-order valence-electron chi connectivity index (χ1n) is 10.3. The van der Waals surface area contributed by atoms with Crippen LogP contribution < -0.4 is 9.62 Å². The molecule has 1 saturated heterocycles. The molecule has 29 heavy (non-hydrogen) atoms. The second-order valence-corrected chi connectivity index (χ2v) is 10.0. The van der Waals surface area contributed by atoms with E-state index in [1.54, 1.807) is 18.3 Å². The van der Waals surface area contributed by atoms with E-state index in [2.05, 4.69) is 15.2 Å². The summed E-state index contributed by atoms with van der Waals surface area (Å²) in [7, 11) is -3.85. The fourth-order valence-corrected chi connectivity index (χ4v) is 5.97. The summed E-state index contributed by atoms with van der Waals surface area (Å²) in [5.41, 5.74) is 1.39. The number of benzene rings is 1. The Kier molecular flexibility index (Phi) is 4.80. The number of hydrogen-bond acceptors (Lipinski definition) is 5. The van der Waals surface area contributed by atoms with Crippen molar-refractivity contribution in [3.8, 4) is 0 Å². The smallest absolute Gasteiger partial charge is 0.264 e. The summed E-state index contributed by atoms with van der Waals surface area (Å²) in [5, 5.41) is 3.70. The van der Waals surface area contributed by atoms with Crippen LogP contribution in [0.2, 0.25) is 0 Å². The highest BCUT2D eigenvalue weighted by Crippen LogP contribution is 2.40. The summed E-state index contributed by atoms with van der Waals surface area (Å²) in [6, 6.07) is 9.92. The number of piperidine rings is 1. The van der Waals surface area contributed by atoms with Gasteiger partial charge in [0, 0.05) is 31.4 Å². The van der Waals surface area contributed by atoms with Gasteiger partial charge in [-0.3, -0.25) is 14.2 Å². The summed E-state index contributed by atoms with van der Waals surface area (Å²) in [6.07, 6.45) is 6.41. The van der Waals surface area contributed by atoms with E-state index in [1.807, 2.05) is 0 Å². The molecule has 0 spiro atoms. The quantitative estimate of drug-likeness (QED) is 0.812. The third kappa shape index (κ3) is 3.65. The van der Waals surface area contributed by atoms with E-state index in [9.17, 15) is 12.8 Å². The summed E-state index contributed by atoms with van der Waals surface area (Å²) in [5.74, 6) is -0.557. The van der Waals surface area contributed by atoms with Crippen LogP contribution in [-0.2, 0) is 10.0 Å². The van der Waals surface area contributed by atoms with Gasteiger partial charge in [-0.1, -0.05) is 6.07 Å². The molecule has 154 valence electrons. The van der Waals surface area contributed by atoms with Gasteiger partial charge in [0.2, 0.25) is 0 Å². The van der Waals surface area contributed by atoms with Crippen molar-refractivity contribution in [2.75, 3.05) is 23.9 Å². The van der Waals surface area contributed by atoms with Crippen LogP contribution in [0.5, 0.6) is 0 Å². The van der Waals surface area contributed by atoms with Crippen molar-refractivity contribution in [3.63, 3.8) is 0 Å². The van der Waals surface area contributed by atoms with Crippen LogP contribution in [0, 0.1) is 5.82 Å². The van der Waals surface area contributed by atoms with E-state index in [0.29, 0.717) is 24.3 Å². The Morgan fingerprint density at radius 1 is 1.03 bits per heavy atom. The van der Waals surface area contributed by atoms with Crippen LogP contribution >= 0.6 is 0 Å². The van der Waals surface area contributed by atoms with E-state index >= 15 is 0 Å². The molecule has 2 aliphatic heterocycles. The lowest BCUT2D eigenvalue weighted by atomic mass is 10.0. The van der Waals surface area contributed by atoms with Gasteiger partial charge in [0.25, 0.3) is 10.0 Å². The number of halogens is 1. The molecule has 6 nitrogen and oxygen atoms in total. The Bertz CT molecular complexity index is 1000. The van der Waals surface area contributed by atoms with E-state index in [1.165, 1.54) is 35.3 Å². The van der Waals surface area contributed by atoms with Crippen molar-refractivity contribution in [2.45, 2.75) is 48.7 Å². The predicted molar refractivity (Wildman–Crippen MR) is 109 cm³/mol. The maximum absolute atomic E-state index is 13.7. The lowest BCUT2D eigenvalue weighted by Gasteiger charge is -2.36. The van der Waals surface area contributed by atoms with Gasteiger partial charge in [0.1, 0.15) is 5.82 Å². The van der Waals surface area contributed by atoms with Crippen LogP contribution in [0.3, 0.4) is 0 Å². The summed E-state index contributed by atoms with van der Waals surface area (Å²) >= 11 is 0. The summed E-state index contributed by atoms with van der Waals surface area (Å²) < 4.78 is 41.6. The van der Waals surface area contributed by atoms with Gasteiger partial charge in [-0.25, -0.2) is 12.8 Å². The number of hydrogen-bond donors (Lipinski definition) is 1. The van der Waals surface area contributed by atoms with Crippen molar-refractivity contribution in [1.29, 1.82) is 0 Å². The van der Waals surface area contributed by atoms with Crippen molar-refractivity contribution in [2.24, 2.45) is 0 Å². The van der Waals surface area contributed by atoms with Crippen LogP contribution in [-0.4, -0.2) is 50.0 Å². The average molecular weight is 417 g/mol. The molecule has 3 heterocycles. The number of fused-ring (bicyclic) bond motifs is 1. The summed E-state index contributed by atoms with van der Waals surface area (Å²) in [6.45, 7) is 2.14. The summed E-state index contributed by atoms with van der Waals surface area (Å²) in [4.78, 5) is 6.85. The SMILES string of the molecule is O=S(=O)(c1cccc(F)c1)N1CC(N2CCC(NC3CC3)CC2)c2ncccc21. The molecule has 8 heteroatoms. The third-order valence-corrected chi connectivity index (χ3v) is 7.92. The molecule has 0 bridgehead atoms. The van der Waals surface area contributed by atoms with Gasteiger partial charge >= 0.3 is 0 Å². The molecule has 0 radical (unpaired) electrons. The Morgan fingerprint density at radius 2 is 1.79 bits per heavy atom. The molecule has 1 saturated carbocycles. The van der Waals surface area contributed by atoms with Crippen molar-refractivity contribution in [3.05, 3.63) is 54.1 Å².